The van der Waals surface area contributed by atoms with Crippen LogP contribution in [0.25, 0.3) is 0 Å². The van der Waals surface area contributed by atoms with Gasteiger partial charge in [0.1, 0.15) is 6.10 Å². The van der Waals surface area contributed by atoms with Gasteiger partial charge in [0.25, 0.3) is 0 Å². The van der Waals surface area contributed by atoms with Gasteiger partial charge in [-0.2, -0.15) is 0 Å². The van der Waals surface area contributed by atoms with Gasteiger partial charge in [0, 0.05) is 30.1 Å². The minimum absolute atomic E-state index is 0.0924. The lowest BCUT2D eigenvalue weighted by molar-refractivity contribution is 0.0398. The lowest BCUT2D eigenvalue weighted by Crippen LogP contribution is -2.16. The summed E-state index contributed by atoms with van der Waals surface area (Å²) in [5.74, 6) is 1.50. The molecule has 0 aliphatic heterocycles. The fourth-order valence-corrected chi connectivity index (χ4v) is 2.90. The quantitative estimate of drug-likeness (QED) is 0.846. The number of rotatable bonds is 4. The van der Waals surface area contributed by atoms with E-state index in [0.717, 1.165) is 36.5 Å². The topological polar surface area (TPSA) is 61.0 Å². The van der Waals surface area contributed by atoms with Crippen LogP contribution in [-0.2, 0) is 11.2 Å². The molecule has 2 aliphatic carbocycles. The molecule has 4 nitrogen and oxygen atoms in total. The Labute approximate surface area is 114 Å². The maximum atomic E-state index is 6.19. The average Bonchev–Trinajstić information content (AvgIpc) is 3.24. The summed E-state index contributed by atoms with van der Waals surface area (Å²) >= 11 is 0. The van der Waals surface area contributed by atoms with Gasteiger partial charge in [-0.1, -0.05) is 6.42 Å². The first-order valence-corrected chi connectivity index (χ1v) is 7.52. The summed E-state index contributed by atoms with van der Waals surface area (Å²) in [6, 6.07) is 0.109. The molecule has 4 heteroatoms. The van der Waals surface area contributed by atoms with E-state index in [1.54, 1.807) is 0 Å². The highest BCUT2D eigenvalue weighted by molar-refractivity contribution is 5.23. The average molecular weight is 261 g/mol. The molecular weight excluding hydrogens is 238 g/mol. The first kappa shape index (κ1) is 13.0. The fraction of sp³-hybridized carbons (Fsp3) is 0.733. The smallest absolute Gasteiger partial charge is 0.157 e. The molecule has 0 spiro atoms. The van der Waals surface area contributed by atoms with Crippen molar-refractivity contribution in [3.05, 3.63) is 23.3 Å². The molecule has 2 atom stereocenters. The molecule has 2 aliphatic rings. The van der Waals surface area contributed by atoms with Gasteiger partial charge in [0.05, 0.1) is 0 Å². The Morgan fingerprint density at radius 3 is 2.95 bits per heavy atom. The summed E-state index contributed by atoms with van der Waals surface area (Å²) in [6.45, 7) is 2.76. The number of aromatic nitrogens is 2. The SMILES string of the molecule is CCOC(c1ncc2c(n1)CCCCC2N)C1CC1. The molecule has 1 aromatic heterocycles. The Kier molecular flexibility index (Phi) is 3.80. The van der Waals surface area contributed by atoms with Gasteiger partial charge in [0.15, 0.2) is 5.82 Å². The zero-order chi connectivity index (χ0) is 13.2. The van der Waals surface area contributed by atoms with Crippen molar-refractivity contribution in [3.63, 3.8) is 0 Å². The van der Waals surface area contributed by atoms with Crippen LogP contribution in [0.3, 0.4) is 0 Å². The zero-order valence-corrected chi connectivity index (χ0v) is 11.6. The highest BCUT2D eigenvalue weighted by Gasteiger charge is 2.35. The summed E-state index contributed by atoms with van der Waals surface area (Å²) in [7, 11) is 0. The highest BCUT2D eigenvalue weighted by atomic mass is 16.5. The van der Waals surface area contributed by atoms with Crippen molar-refractivity contribution in [2.24, 2.45) is 11.7 Å². The third-order valence-electron chi connectivity index (χ3n) is 4.15. The van der Waals surface area contributed by atoms with Crippen LogP contribution >= 0.6 is 0 Å². The van der Waals surface area contributed by atoms with E-state index in [-0.39, 0.29) is 12.1 Å². The molecule has 3 rings (SSSR count). The van der Waals surface area contributed by atoms with E-state index in [0.29, 0.717) is 5.92 Å². The Balaban J connectivity index is 1.88. The van der Waals surface area contributed by atoms with Crippen molar-refractivity contribution in [1.29, 1.82) is 0 Å². The predicted molar refractivity (Wildman–Crippen MR) is 73.6 cm³/mol. The lowest BCUT2D eigenvalue weighted by Gasteiger charge is -2.18. The number of fused-ring (bicyclic) bond motifs is 1. The zero-order valence-electron chi connectivity index (χ0n) is 11.6. The monoisotopic (exact) mass is 261 g/mol. The van der Waals surface area contributed by atoms with Crippen LogP contribution in [0.2, 0.25) is 0 Å². The van der Waals surface area contributed by atoms with E-state index in [1.165, 1.54) is 25.7 Å². The maximum Gasteiger partial charge on any atom is 0.157 e. The molecule has 0 saturated heterocycles. The number of nitrogens with zero attached hydrogens (tertiary/aromatic N) is 2. The molecule has 2 unspecified atom stereocenters. The Bertz CT molecular complexity index is 445. The standard InChI is InChI=1S/C15H23N3O/c1-2-19-14(10-7-8-10)15-17-9-11-12(16)5-3-4-6-13(11)18-15/h9-10,12,14H,2-8,16H2,1H3. The highest BCUT2D eigenvalue weighted by Crippen LogP contribution is 2.42. The molecule has 0 aromatic carbocycles. The molecule has 104 valence electrons. The summed E-state index contributed by atoms with van der Waals surface area (Å²) < 4.78 is 5.84. The number of nitrogens with two attached hydrogens (primary N) is 1. The Hall–Kier alpha value is -1.00. The van der Waals surface area contributed by atoms with E-state index < -0.39 is 0 Å². The molecule has 1 aromatic rings. The summed E-state index contributed by atoms with van der Waals surface area (Å²) in [4.78, 5) is 9.34. The van der Waals surface area contributed by atoms with Crippen LogP contribution < -0.4 is 5.73 Å². The molecule has 2 N–H and O–H groups in total. The van der Waals surface area contributed by atoms with Crippen LogP contribution in [0.1, 0.15) is 68.3 Å². The van der Waals surface area contributed by atoms with E-state index in [1.807, 2.05) is 13.1 Å². The molecular formula is C15H23N3O. The second-order valence-corrected chi connectivity index (χ2v) is 5.70. The molecule has 1 fully saturated rings. The van der Waals surface area contributed by atoms with Gasteiger partial charge in [-0.25, -0.2) is 9.97 Å². The third kappa shape index (κ3) is 2.79. The molecule has 0 radical (unpaired) electrons. The third-order valence-corrected chi connectivity index (χ3v) is 4.15. The largest absolute Gasteiger partial charge is 0.370 e. The van der Waals surface area contributed by atoms with Crippen LogP contribution in [0.15, 0.2) is 6.20 Å². The van der Waals surface area contributed by atoms with Crippen molar-refractivity contribution < 1.29 is 4.74 Å². The minimum Gasteiger partial charge on any atom is -0.370 e. The molecule has 1 heterocycles. The number of aryl methyl sites for hydroxylation is 1. The summed E-state index contributed by atoms with van der Waals surface area (Å²) in [5, 5.41) is 0. The number of hydrogen-bond acceptors (Lipinski definition) is 4. The molecule has 0 amide bonds. The van der Waals surface area contributed by atoms with E-state index in [9.17, 15) is 0 Å². The van der Waals surface area contributed by atoms with E-state index in [4.69, 9.17) is 15.5 Å². The van der Waals surface area contributed by atoms with Crippen LogP contribution in [0.5, 0.6) is 0 Å². The lowest BCUT2D eigenvalue weighted by atomic mass is 10.1. The van der Waals surface area contributed by atoms with E-state index in [2.05, 4.69) is 4.98 Å². The van der Waals surface area contributed by atoms with Crippen LogP contribution in [-0.4, -0.2) is 16.6 Å². The van der Waals surface area contributed by atoms with Crippen molar-refractivity contribution in [3.8, 4) is 0 Å². The Morgan fingerprint density at radius 2 is 2.21 bits per heavy atom. The number of hydrogen-bond donors (Lipinski definition) is 1. The second-order valence-electron chi connectivity index (χ2n) is 5.70. The summed E-state index contributed by atoms with van der Waals surface area (Å²) in [5.41, 5.74) is 8.49. The summed E-state index contributed by atoms with van der Waals surface area (Å²) in [6.07, 6.45) is 8.96. The van der Waals surface area contributed by atoms with Crippen molar-refractivity contribution >= 4 is 0 Å². The van der Waals surface area contributed by atoms with Gasteiger partial charge < -0.3 is 10.5 Å². The normalized spacial score (nSPS) is 24.6. The maximum absolute atomic E-state index is 6.19. The van der Waals surface area contributed by atoms with Gasteiger partial charge in [0.2, 0.25) is 0 Å². The first-order chi connectivity index (χ1) is 9.29. The van der Waals surface area contributed by atoms with Crippen molar-refractivity contribution in [2.75, 3.05) is 6.61 Å². The predicted octanol–water partition coefficient (Wildman–Crippen LogP) is 2.69. The number of ether oxygens (including phenoxy) is 1. The van der Waals surface area contributed by atoms with Gasteiger partial charge >= 0.3 is 0 Å². The van der Waals surface area contributed by atoms with Crippen molar-refractivity contribution in [1.82, 2.24) is 9.97 Å². The molecule has 1 saturated carbocycles. The second kappa shape index (κ2) is 5.55. The van der Waals surface area contributed by atoms with Gasteiger partial charge in [-0.15, -0.1) is 0 Å². The van der Waals surface area contributed by atoms with Gasteiger partial charge in [-0.05, 0) is 44.9 Å². The minimum atomic E-state index is 0.0924. The first-order valence-electron chi connectivity index (χ1n) is 7.52. The van der Waals surface area contributed by atoms with Gasteiger partial charge in [-0.3, -0.25) is 0 Å². The molecule has 19 heavy (non-hydrogen) atoms. The Morgan fingerprint density at radius 1 is 1.37 bits per heavy atom. The van der Waals surface area contributed by atoms with Crippen molar-refractivity contribution in [2.45, 2.75) is 57.6 Å². The molecule has 0 bridgehead atoms. The fourth-order valence-electron chi connectivity index (χ4n) is 2.90. The van der Waals surface area contributed by atoms with Crippen LogP contribution in [0, 0.1) is 5.92 Å². The van der Waals surface area contributed by atoms with E-state index >= 15 is 0 Å². The van der Waals surface area contributed by atoms with Crippen LogP contribution in [0.4, 0.5) is 0 Å².